The first kappa shape index (κ1) is 20.0. The van der Waals surface area contributed by atoms with Crippen molar-refractivity contribution < 1.29 is 18.0 Å². The molecule has 8 nitrogen and oxygen atoms in total. The lowest BCUT2D eigenvalue weighted by Crippen LogP contribution is -2.54. The van der Waals surface area contributed by atoms with Gasteiger partial charge in [-0.05, 0) is 32.1 Å². The highest BCUT2D eigenvalue weighted by molar-refractivity contribution is 7.88. The van der Waals surface area contributed by atoms with E-state index in [0.29, 0.717) is 45.6 Å². The molecule has 2 heterocycles. The minimum atomic E-state index is -3.22. The third-order valence-corrected chi connectivity index (χ3v) is 6.15. The molecule has 0 aromatic rings. The minimum Gasteiger partial charge on any atom is -0.356 e. The molecular formula is C16H30N4O4S. The number of amides is 3. The molecule has 0 aromatic carbocycles. The van der Waals surface area contributed by atoms with E-state index < -0.39 is 10.0 Å². The average Bonchev–Trinajstić information content (AvgIpc) is 2.59. The second kappa shape index (κ2) is 8.84. The summed E-state index contributed by atoms with van der Waals surface area (Å²) in [5, 5.41) is 5.86. The molecule has 9 heteroatoms. The summed E-state index contributed by atoms with van der Waals surface area (Å²) < 4.78 is 24.7. The van der Waals surface area contributed by atoms with Crippen molar-refractivity contribution in [1.82, 2.24) is 19.8 Å². The van der Waals surface area contributed by atoms with Crippen molar-refractivity contribution in [3.63, 3.8) is 0 Å². The Labute approximate surface area is 150 Å². The maximum absolute atomic E-state index is 12.4. The van der Waals surface area contributed by atoms with Crippen molar-refractivity contribution in [3.05, 3.63) is 0 Å². The smallest absolute Gasteiger partial charge is 0.317 e. The number of carbonyl (C=O) groups excluding carboxylic acids is 2. The number of sulfonamides is 1. The summed E-state index contributed by atoms with van der Waals surface area (Å²) in [6.45, 7) is 4.67. The van der Waals surface area contributed by atoms with E-state index in [0.717, 1.165) is 19.3 Å². The van der Waals surface area contributed by atoms with Crippen LogP contribution in [0.1, 0.15) is 39.0 Å². The van der Waals surface area contributed by atoms with Gasteiger partial charge in [0.15, 0.2) is 0 Å². The molecule has 2 aliphatic heterocycles. The number of rotatable bonds is 5. The Morgan fingerprint density at radius 3 is 2.40 bits per heavy atom. The summed E-state index contributed by atoms with van der Waals surface area (Å²) in [5.41, 5.74) is 0. The van der Waals surface area contributed by atoms with Crippen LogP contribution < -0.4 is 10.6 Å². The maximum Gasteiger partial charge on any atom is 0.317 e. The molecule has 2 aliphatic rings. The Morgan fingerprint density at radius 2 is 1.80 bits per heavy atom. The highest BCUT2D eigenvalue weighted by Crippen LogP contribution is 2.18. The van der Waals surface area contributed by atoms with Crippen LogP contribution in [0, 0.1) is 5.92 Å². The predicted molar refractivity (Wildman–Crippen MR) is 95.6 cm³/mol. The van der Waals surface area contributed by atoms with Gasteiger partial charge in [0.05, 0.1) is 6.26 Å². The summed E-state index contributed by atoms with van der Waals surface area (Å²) in [4.78, 5) is 26.1. The van der Waals surface area contributed by atoms with E-state index in [1.807, 2.05) is 6.92 Å². The first-order valence-corrected chi connectivity index (χ1v) is 10.9. The van der Waals surface area contributed by atoms with E-state index in [-0.39, 0.29) is 23.9 Å². The molecule has 25 heavy (non-hydrogen) atoms. The fraction of sp³-hybridized carbons (Fsp3) is 0.875. The molecular weight excluding hydrogens is 344 g/mol. The predicted octanol–water partition coefficient (Wildman–Crippen LogP) is 0.358. The Balaban J connectivity index is 1.78. The second-order valence-corrected chi connectivity index (χ2v) is 8.94. The van der Waals surface area contributed by atoms with Crippen molar-refractivity contribution in [2.24, 2.45) is 5.92 Å². The molecule has 2 rings (SSSR count). The van der Waals surface area contributed by atoms with Crippen molar-refractivity contribution in [2.75, 3.05) is 39.0 Å². The fourth-order valence-electron chi connectivity index (χ4n) is 3.36. The van der Waals surface area contributed by atoms with Gasteiger partial charge in [-0.2, -0.15) is 0 Å². The van der Waals surface area contributed by atoms with E-state index in [4.69, 9.17) is 0 Å². The molecule has 3 amide bonds. The fourth-order valence-corrected chi connectivity index (χ4v) is 4.28. The van der Waals surface area contributed by atoms with Gasteiger partial charge in [-0.25, -0.2) is 17.5 Å². The topological polar surface area (TPSA) is 98.8 Å². The third kappa shape index (κ3) is 5.85. The highest BCUT2D eigenvalue weighted by atomic mass is 32.2. The standard InChI is InChI=1S/C16H30N4O4S/c1-3-8-17-15(21)13-6-10-19(11-7-13)16(22)18-14-5-4-9-20(12-14)25(2,23)24/h13-14H,3-12H2,1-2H3,(H,17,21)(H,18,22). The van der Waals surface area contributed by atoms with Crippen LogP contribution >= 0.6 is 0 Å². The van der Waals surface area contributed by atoms with Gasteiger partial charge in [0.25, 0.3) is 0 Å². The molecule has 0 saturated carbocycles. The summed E-state index contributed by atoms with van der Waals surface area (Å²) >= 11 is 0. The van der Waals surface area contributed by atoms with Crippen LogP contribution in [0.15, 0.2) is 0 Å². The molecule has 2 fully saturated rings. The van der Waals surface area contributed by atoms with Crippen molar-refractivity contribution >= 4 is 22.0 Å². The third-order valence-electron chi connectivity index (χ3n) is 4.88. The molecule has 0 radical (unpaired) electrons. The van der Waals surface area contributed by atoms with Gasteiger partial charge < -0.3 is 15.5 Å². The van der Waals surface area contributed by atoms with Crippen LogP contribution in [0.4, 0.5) is 4.79 Å². The number of piperidine rings is 2. The largest absolute Gasteiger partial charge is 0.356 e. The molecule has 2 saturated heterocycles. The van der Waals surface area contributed by atoms with Gasteiger partial charge in [-0.1, -0.05) is 6.92 Å². The monoisotopic (exact) mass is 374 g/mol. The van der Waals surface area contributed by atoms with Crippen LogP contribution in [-0.2, 0) is 14.8 Å². The average molecular weight is 375 g/mol. The zero-order valence-corrected chi connectivity index (χ0v) is 16.0. The van der Waals surface area contributed by atoms with Crippen LogP contribution in [0.25, 0.3) is 0 Å². The zero-order valence-electron chi connectivity index (χ0n) is 15.2. The molecule has 0 aromatic heterocycles. The van der Waals surface area contributed by atoms with Crippen molar-refractivity contribution in [1.29, 1.82) is 0 Å². The van der Waals surface area contributed by atoms with Gasteiger partial charge >= 0.3 is 6.03 Å². The van der Waals surface area contributed by atoms with E-state index >= 15 is 0 Å². The Hall–Kier alpha value is -1.35. The Kier molecular flexibility index (Phi) is 7.06. The molecule has 144 valence electrons. The highest BCUT2D eigenvalue weighted by Gasteiger charge is 2.30. The van der Waals surface area contributed by atoms with Crippen LogP contribution in [-0.4, -0.2) is 74.6 Å². The Morgan fingerprint density at radius 1 is 1.12 bits per heavy atom. The lowest BCUT2D eigenvalue weighted by Gasteiger charge is -2.35. The van der Waals surface area contributed by atoms with Crippen molar-refractivity contribution in [3.8, 4) is 0 Å². The molecule has 0 spiro atoms. The summed E-state index contributed by atoms with van der Waals surface area (Å²) in [6, 6.07) is -0.311. The number of nitrogens with one attached hydrogen (secondary N) is 2. The second-order valence-electron chi connectivity index (χ2n) is 6.96. The number of likely N-dealkylation sites (tertiary alicyclic amines) is 1. The van der Waals surface area contributed by atoms with E-state index in [9.17, 15) is 18.0 Å². The number of hydrogen-bond donors (Lipinski definition) is 2. The normalized spacial score (nSPS) is 23.3. The van der Waals surface area contributed by atoms with E-state index in [1.165, 1.54) is 10.6 Å². The lowest BCUT2D eigenvalue weighted by atomic mass is 9.96. The summed E-state index contributed by atoms with van der Waals surface area (Å²) in [7, 11) is -3.22. The molecule has 1 atom stereocenters. The lowest BCUT2D eigenvalue weighted by molar-refractivity contribution is -0.126. The summed E-state index contributed by atoms with van der Waals surface area (Å²) in [5.74, 6) is 0.0592. The number of hydrogen-bond acceptors (Lipinski definition) is 4. The van der Waals surface area contributed by atoms with Gasteiger partial charge in [0.2, 0.25) is 15.9 Å². The molecule has 0 bridgehead atoms. The van der Waals surface area contributed by atoms with Gasteiger partial charge in [0.1, 0.15) is 0 Å². The quantitative estimate of drug-likeness (QED) is 0.726. The molecule has 1 unspecified atom stereocenters. The van der Waals surface area contributed by atoms with Crippen LogP contribution in [0.5, 0.6) is 0 Å². The number of urea groups is 1. The van der Waals surface area contributed by atoms with E-state index in [2.05, 4.69) is 10.6 Å². The number of carbonyl (C=O) groups is 2. The van der Waals surface area contributed by atoms with Crippen LogP contribution in [0.3, 0.4) is 0 Å². The molecule has 0 aliphatic carbocycles. The zero-order chi connectivity index (χ0) is 18.4. The Bertz CT molecular complexity index is 573. The molecule has 2 N–H and O–H groups in total. The SMILES string of the molecule is CCCNC(=O)C1CCN(C(=O)NC2CCCN(S(C)(=O)=O)C2)CC1. The first-order valence-electron chi connectivity index (χ1n) is 9.09. The minimum absolute atomic E-state index is 0.0222. The van der Waals surface area contributed by atoms with E-state index in [1.54, 1.807) is 4.90 Å². The number of nitrogens with zero attached hydrogens (tertiary/aromatic N) is 2. The van der Waals surface area contributed by atoms with Gasteiger partial charge in [-0.3, -0.25) is 4.79 Å². The van der Waals surface area contributed by atoms with Gasteiger partial charge in [-0.15, -0.1) is 0 Å². The maximum atomic E-state index is 12.4. The first-order chi connectivity index (χ1) is 11.8. The van der Waals surface area contributed by atoms with Crippen molar-refractivity contribution in [2.45, 2.75) is 45.1 Å². The summed E-state index contributed by atoms with van der Waals surface area (Å²) in [6.07, 6.45) is 4.99. The van der Waals surface area contributed by atoms with Gasteiger partial charge in [0, 0.05) is 44.7 Å². The van der Waals surface area contributed by atoms with Crippen LogP contribution in [0.2, 0.25) is 0 Å².